The largest absolute Gasteiger partial charge is 0.395 e. The van der Waals surface area contributed by atoms with E-state index in [1.54, 1.807) is 17.5 Å². The number of aromatic nitrogens is 1. The molecule has 5 heteroatoms. The van der Waals surface area contributed by atoms with E-state index in [1.165, 1.54) is 10.9 Å². The van der Waals surface area contributed by atoms with Gasteiger partial charge in [-0.2, -0.15) is 0 Å². The lowest BCUT2D eigenvalue weighted by Gasteiger charge is -2.05. The number of amides is 1. The van der Waals surface area contributed by atoms with Crippen LogP contribution in [0, 0.1) is 0 Å². The summed E-state index contributed by atoms with van der Waals surface area (Å²) in [5.74, 6) is -0.224. The predicted molar refractivity (Wildman–Crippen MR) is 84.5 cm³/mol. The van der Waals surface area contributed by atoms with Crippen LogP contribution in [0.5, 0.6) is 0 Å². The lowest BCUT2D eigenvalue weighted by molar-refractivity contribution is 0.0944. The highest BCUT2D eigenvalue weighted by molar-refractivity contribution is 7.17. The van der Waals surface area contributed by atoms with Gasteiger partial charge in [0.15, 0.2) is 0 Å². The predicted octanol–water partition coefficient (Wildman–Crippen LogP) is 2.69. The number of nitrogens with one attached hydrogen (secondary N) is 1. The maximum atomic E-state index is 11.9. The molecule has 0 aliphatic rings. The Hall–Kier alpha value is -2.24. The number of rotatable bonds is 4. The average Bonchev–Trinajstić information content (AvgIpc) is 2.97. The van der Waals surface area contributed by atoms with Crippen LogP contribution in [0.4, 0.5) is 0 Å². The number of hydrogen-bond acceptors (Lipinski definition) is 4. The van der Waals surface area contributed by atoms with Crippen molar-refractivity contribution in [2.45, 2.75) is 0 Å². The molecule has 0 bridgehead atoms. The Morgan fingerprint density at radius 1 is 1.29 bits per heavy atom. The van der Waals surface area contributed by atoms with Gasteiger partial charge in [0.05, 0.1) is 12.2 Å². The molecule has 106 valence electrons. The van der Waals surface area contributed by atoms with Gasteiger partial charge in [0.2, 0.25) is 0 Å². The van der Waals surface area contributed by atoms with Crippen molar-refractivity contribution in [1.82, 2.24) is 10.3 Å². The molecule has 0 fully saturated rings. The molecule has 3 rings (SSSR count). The standard InChI is InChI=1S/C16H14N2O2S/c19-6-5-18-16(20)12-7-11(8-17-9-12)14-10-21-15-4-2-1-3-13(14)15/h1-4,7-10,19H,5-6H2,(H,18,20). The van der Waals surface area contributed by atoms with Crippen LogP contribution in [0.25, 0.3) is 21.2 Å². The van der Waals surface area contributed by atoms with Crippen molar-refractivity contribution >= 4 is 27.3 Å². The van der Waals surface area contributed by atoms with Crippen LogP contribution in [0.15, 0.2) is 48.1 Å². The van der Waals surface area contributed by atoms with E-state index in [2.05, 4.69) is 27.8 Å². The van der Waals surface area contributed by atoms with Crippen molar-refractivity contribution in [3.63, 3.8) is 0 Å². The fourth-order valence-corrected chi connectivity index (χ4v) is 3.15. The van der Waals surface area contributed by atoms with Gasteiger partial charge in [-0.05, 0) is 17.5 Å². The van der Waals surface area contributed by atoms with Crippen LogP contribution >= 0.6 is 11.3 Å². The van der Waals surface area contributed by atoms with Crippen LogP contribution in [-0.2, 0) is 0 Å². The number of nitrogens with zero attached hydrogens (tertiary/aromatic N) is 1. The van der Waals surface area contributed by atoms with Crippen molar-refractivity contribution in [2.24, 2.45) is 0 Å². The SMILES string of the molecule is O=C(NCCO)c1cncc(-c2csc3ccccc23)c1. The van der Waals surface area contributed by atoms with Gasteiger partial charge in [0.1, 0.15) is 0 Å². The number of fused-ring (bicyclic) bond motifs is 1. The highest BCUT2D eigenvalue weighted by atomic mass is 32.1. The zero-order chi connectivity index (χ0) is 14.7. The Kier molecular flexibility index (Phi) is 3.94. The fourth-order valence-electron chi connectivity index (χ4n) is 2.18. The van der Waals surface area contributed by atoms with Crippen molar-refractivity contribution in [2.75, 3.05) is 13.2 Å². The van der Waals surface area contributed by atoms with E-state index in [0.717, 1.165) is 16.5 Å². The van der Waals surface area contributed by atoms with Crippen LogP contribution in [0.2, 0.25) is 0 Å². The number of benzene rings is 1. The molecule has 0 saturated heterocycles. The van der Waals surface area contributed by atoms with E-state index in [-0.39, 0.29) is 19.1 Å². The van der Waals surface area contributed by atoms with Gasteiger partial charge < -0.3 is 10.4 Å². The molecule has 0 atom stereocenters. The summed E-state index contributed by atoms with van der Waals surface area (Å²) < 4.78 is 1.21. The topological polar surface area (TPSA) is 62.2 Å². The highest BCUT2D eigenvalue weighted by Crippen LogP contribution is 2.33. The zero-order valence-corrected chi connectivity index (χ0v) is 12.1. The minimum Gasteiger partial charge on any atom is -0.395 e. The van der Waals surface area contributed by atoms with Crippen molar-refractivity contribution < 1.29 is 9.90 Å². The molecule has 0 radical (unpaired) electrons. The van der Waals surface area contributed by atoms with E-state index < -0.39 is 0 Å². The van der Waals surface area contributed by atoms with Crippen LogP contribution < -0.4 is 5.32 Å². The average molecular weight is 298 g/mol. The Labute approximate surface area is 126 Å². The van der Waals surface area contributed by atoms with E-state index in [1.807, 2.05) is 18.2 Å². The monoisotopic (exact) mass is 298 g/mol. The molecule has 0 aliphatic carbocycles. The molecule has 2 aromatic heterocycles. The van der Waals surface area contributed by atoms with Gasteiger partial charge in [-0.25, -0.2) is 0 Å². The van der Waals surface area contributed by atoms with Crippen LogP contribution in [0.3, 0.4) is 0 Å². The molecular weight excluding hydrogens is 284 g/mol. The number of aliphatic hydroxyl groups is 1. The van der Waals surface area contributed by atoms with E-state index in [4.69, 9.17) is 5.11 Å². The smallest absolute Gasteiger partial charge is 0.252 e. The minimum atomic E-state index is -0.224. The second-order valence-corrected chi connectivity index (χ2v) is 5.50. The normalized spacial score (nSPS) is 10.7. The second-order valence-electron chi connectivity index (χ2n) is 4.59. The van der Waals surface area contributed by atoms with Gasteiger partial charge in [-0.15, -0.1) is 11.3 Å². The molecule has 2 N–H and O–H groups in total. The van der Waals surface area contributed by atoms with Gasteiger partial charge in [-0.3, -0.25) is 9.78 Å². The molecule has 4 nitrogen and oxygen atoms in total. The maximum absolute atomic E-state index is 11.9. The number of pyridine rings is 1. The molecule has 1 aromatic carbocycles. The Morgan fingerprint density at radius 3 is 3.00 bits per heavy atom. The van der Waals surface area contributed by atoms with Gasteiger partial charge in [-0.1, -0.05) is 18.2 Å². The third-order valence-corrected chi connectivity index (χ3v) is 4.15. The quantitative estimate of drug-likeness (QED) is 0.778. The summed E-state index contributed by atoms with van der Waals surface area (Å²) in [7, 11) is 0. The fraction of sp³-hybridized carbons (Fsp3) is 0.125. The first-order chi connectivity index (χ1) is 10.3. The first kappa shape index (κ1) is 13.7. The van der Waals surface area contributed by atoms with E-state index in [9.17, 15) is 4.79 Å². The first-order valence-electron chi connectivity index (χ1n) is 6.60. The van der Waals surface area contributed by atoms with Crippen molar-refractivity contribution in [3.8, 4) is 11.1 Å². The highest BCUT2D eigenvalue weighted by Gasteiger charge is 2.10. The molecule has 3 aromatic rings. The second kappa shape index (κ2) is 6.03. The Bertz CT molecular complexity index is 783. The zero-order valence-electron chi connectivity index (χ0n) is 11.2. The summed E-state index contributed by atoms with van der Waals surface area (Å²) in [6, 6.07) is 9.99. The summed E-state index contributed by atoms with van der Waals surface area (Å²) in [6.07, 6.45) is 3.29. The molecule has 1 amide bonds. The number of hydrogen-bond donors (Lipinski definition) is 2. The summed E-state index contributed by atoms with van der Waals surface area (Å²) in [6.45, 7) is 0.165. The number of aliphatic hydroxyl groups excluding tert-OH is 1. The summed E-state index contributed by atoms with van der Waals surface area (Å²) in [4.78, 5) is 16.1. The summed E-state index contributed by atoms with van der Waals surface area (Å²) >= 11 is 1.68. The third kappa shape index (κ3) is 2.79. The van der Waals surface area contributed by atoms with Crippen LogP contribution in [0.1, 0.15) is 10.4 Å². The molecule has 0 saturated carbocycles. The third-order valence-electron chi connectivity index (χ3n) is 3.19. The maximum Gasteiger partial charge on any atom is 0.252 e. The molecule has 21 heavy (non-hydrogen) atoms. The first-order valence-corrected chi connectivity index (χ1v) is 7.48. The van der Waals surface area contributed by atoms with Gasteiger partial charge >= 0.3 is 0 Å². The molecule has 2 heterocycles. The van der Waals surface area contributed by atoms with Crippen molar-refractivity contribution in [3.05, 3.63) is 53.7 Å². The number of carbonyl (C=O) groups excluding carboxylic acids is 1. The molecule has 0 spiro atoms. The van der Waals surface area contributed by atoms with Crippen LogP contribution in [-0.4, -0.2) is 29.1 Å². The molecular formula is C16H14N2O2S. The lowest BCUT2D eigenvalue weighted by atomic mass is 10.0. The molecule has 0 unspecified atom stereocenters. The number of thiophene rings is 1. The lowest BCUT2D eigenvalue weighted by Crippen LogP contribution is -2.26. The Balaban J connectivity index is 1.98. The Morgan fingerprint density at radius 2 is 2.14 bits per heavy atom. The minimum absolute atomic E-state index is 0.0754. The molecule has 0 aliphatic heterocycles. The van der Waals surface area contributed by atoms with E-state index >= 15 is 0 Å². The summed E-state index contributed by atoms with van der Waals surface area (Å²) in [5, 5.41) is 14.6. The van der Waals surface area contributed by atoms with Gasteiger partial charge in [0, 0.05) is 40.2 Å². The van der Waals surface area contributed by atoms with Crippen molar-refractivity contribution in [1.29, 1.82) is 0 Å². The van der Waals surface area contributed by atoms with E-state index in [0.29, 0.717) is 5.56 Å². The number of carbonyl (C=O) groups is 1. The summed E-state index contributed by atoms with van der Waals surface area (Å²) in [5.41, 5.74) is 2.50. The van der Waals surface area contributed by atoms with Gasteiger partial charge in [0.25, 0.3) is 5.91 Å².